The van der Waals surface area contributed by atoms with Crippen molar-refractivity contribution in [3.8, 4) is 0 Å². The lowest BCUT2D eigenvalue weighted by molar-refractivity contribution is -0.141. The van der Waals surface area contributed by atoms with Gasteiger partial charge in [0.2, 0.25) is 0 Å². The number of carboxylic acids is 1. The summed E-state index contributed by atoms with van der Waals surface area (Å²) in [5, 5.41) is 12.0. The number of hydrogen-bond acceptors (Lipinski definition) is 3. The van der Waals surface area contributed by atoms with Crippen LogP contribution in [-0.4, -0.2) is 39.2 Å². The first-order valence-corrected chi connectivity index (χ1v) is 8.48. The smallest absolute Gasteiger partial charge is 0.327 e. The van der Waals surface area contributed by atoms with Crippen LogP contribution in [0.1, 0.15) is 18.9 Å². The Morgan fingerprint density at radius 3 is 2.86 bits per heavy atom. The number of anilines is 1. The summed E-state index contributed by atoms with van der Waals surface area (Å²) < 4.78 is 0.772. The Kier molecular flexibility index (Phi) is 5.16. The van der Waals surface area contributed by atoms with Gasteiger partial charge in [-0.2, -0.15) is 0 Å². The Bertz CT molecular complexity index is 567. The van der Waals surface area contributed by atoms with Gasteiger partial charge in [-0.05, 0) is 47.0 Å². The van der Waals surface area contributed by atoms with Crippen LogP contribution in [-0.2, 0) is 4.79 Å². The second-order valence-corrected chi connectivity index (χ2v) is 6.94. The van der Waals surface area contributed by atoms with E-state index in [-0.39, 0.29) is 11.4 Å². The van der Waals surface area contributed by atoms with Crippen molar-refractivity contribution in [2.75, 3.05) is 11.1 Å². The van der Waals surface area contributed by atoms with Gasteiger partial charge in [-0.3, -0.25) is 4.90 Å². The van der Waals surface area contributed by atoms with E-state index in [0.717, 1.165) is 16.5 Å². The van der Waals surface area contributed by atoms with Crippen LogP contribution in [0.15, 0.2) is 22.7 Å². The predicted octanol–water partition coefficient (Wildman–Crippen LogP) is 3.53. The molecule has 0 saturated carbocycles. The average molecular weight is 373 g/mol. The predicted molar refractivity (Wildman–Crippen MR) is 87.7 cm³/mol. The number of urea groups is 1. The minimum atomic E-state index is -0.961. The third-order valence-corrected chi connectivity index (χ3v) is 5.47. The van der Waals surface area contributed by atoms with Crippen LogP contribution in [0.25, 0.3) is 0 Å². The third kappa shape index (κ3) is 3.52. The van der Waals surface area contributed by atoms with Crippen LogP contribution in [0, 0.1) is 6.92 Å². The molecule has 114 valence electrons. The van der Waals surface area contributed by atoms with Crippen LogP contribution < -0.4 is 5.32 Å². The molecular weight excluding hydrogens is 356 g/mol. The molecule has 2 rings (SSSR count). The number of aliphatic carboxylic acids is 1. The number of nitrogens with one attached hydrogen (secondary N) is 1. The Labute approximate surface area is 136 Å². The molecule has 1 fully saturated rings. The minimum Gasteiger partial charge on any atom is -0.480 e. The van der Waals surface area contributed by atoms with Crippen molar-refractivity contribution in [2.45, 2.75) is 31.7 Å². The quantitative estimate of drug-likeness (QED) is 0.851. The van der Waals surface area contributed by atoms with E-state index in [1.54, 1.807) is 0 Å². The van der Waals surface area contributed by atoms with E-state index in [0.29, 0.717) is 11.4 Å². The fourth-order valence-corrected chi connectivity index (χ4v) is 3.95. The van der Waals surface area contributed by atoms with Crippen LogP contribution in [0.3, 0.4) is 0 Å². The summed E-state index contributed by atoms with van der Waals surface area (Å²) in [5.41, 5.74) is 1.67. The lowest BCUT2D eigenvalue weighted by Gasteiger charge is -2.27. The number of hydrogen-bond donors (Lipinski definition) is 2. The molecule has 1 aliphatic heterocycles. The zero-order valence-corrected chi connectivity index (χ0v) is 14.2. The summed E-state index contributed by atoms with van der Waals surface area (Å²) in [7, 11) is 0. The largest absolute Gasteiger partial charge is 0.480 e. The van der Waals surface area contributed by atoms with Crippen molar-refractivity contribution >= 4 is 45.4 Å². The highest BCUT2D eigenvalue weighted by atomic mass is 79.9. The molecule has 0 radical (unpaired) electrons. The summed E-state index contributed by atoms with van der Waals surface area (Å²) in [6.07, 6.45) is 0.719. The highest BCUT2D eigenvalue weighted by Crippen LogP contribution is 2.32. The number of carbonyl (C=O) groups is 2. The van der Waals surface area contributed by atoms with Crippen molar-refractivity contribution in [3.63, 3.8) is 0 Å². The third-order valence-electron chi connectivity index (χ3n) is 3.32. The maximum atomic E-state index is 12.5. The van der Waals surface area contributed by atoms with Gasteiger partial charge in [-0.1, -0.05) is 13.0 Å². The van der Waals surface area contributed by atoms with Crippen molar-refractivity contribution in [1.29, 1.82) is 0 Å². The lowest BCUT2D eigenvalue weighted by Crippen LogP contribution is -2.47. The van der Waals surface area contributed by atoms with E-state index in [9.17, 15) is 14.7 Å². The van der Waals surface area contributed by atoms with Crippen molar-refractivity contribution in [1.82, 2.24) is 4.90 Å². The van der Waals surface area contributed by atoms with Crippen LogP contribution >= 0.6 is 27.7 Å². The monoisotopic (exact) mass is 372 g/mol. The maximum Gasteiger partial charge on any atom is 0.327 e. The van der Waals surface area contributed by atoms with E-state index >= 15 is 0 Å². The molecule has 0 aliphatic carbocycles. The first-order valence-electron chi connectivity index (χ1n) is 6.64. The van der Waals surface area contributed by atoms with Gasteiger partial charge in [-0.25, -0.2) is 9.59 Å². The normalized spacial score (nSPS) is 21.4. The second-order valence-electron chi connectivity index (χ2n) is 4.87. The molecule has 2 amide bonds. The summed E-state index contributed by atoms with van der Waals surface area (Å²) in [4.78, 5) is 25.2. The fraction of sp³-hybridized carbons (Fsp3) is 0.429. The fourth-order valence-electron chi connectivity index (χ4n) is 2.26. The number of halogens is 1. The van der Waals surface area contributed by atoms with Gasteiger partial charge in [-0.15, -0.1) is 11.8 Å². The maximum absolute atomic E-state index is 12.5. The summed E-state index contributed by atoms with van der Waals surface area (Å²) in [6.45, 7) is 3.88. The Morgan fingerprint density at radius 1 is 1.52 bits per heavy atom. The standard InChI is InChI=1S/C14H17BrN2O3S/c1-3-12-17(11(7-21-12)13(18)19)14(20)16-10-6-8(2)4-5-9(10)15/h4-6,11-12H,3,7H2,1-2H3,(H,16,20)(H,18,19). The van der Waals surface area contributed by atoms with Crippen molar-refractivity contribution < 1.29 is 14.7 Å². The lowest BCUT2D eigenvalue weighted by atomic mass is 10.2. The number of benzene rings is 1. The van der Waals surface area contributed by atoms with Crippen LogP contribution in [0.4, 0.5) is 10.5 Å². The number of carboxylic acid groups (broad SMARTS) is 1. The summed E-state index contributed by atoms with van der Waals surface area (Å²) in [5.74, 6) is -0.534. The zero-order valence-electron chi connectivity index (χ0n) is 11.8. The molecule has 5 nitrogen and oxygen atoms in total. The molecule has 2 unspecified atom stereocenters. The molecule has 1 saturated heterocycles. The molecule has 0 bridgehead atoms. The topological polar surface area (TPSA) is 69.6 Å². The number of nitrogens with zero attached hydrogens (tertiary/aromatic N) is 1. The van der Waals surface area contributed by atoms with Crippen LogP contribution in [0.5, 0.6) is 0 Å². The van der Waals surface area contributed by atoms with Gasteiger partial charge in [0.05, 0.1) is 11.1 Å². The van der Waals surface area contributed by atoms with Gasteiger partial charge >= 0.3 is 12.0 Å². The second kappa shape index (κ2) is 6.70. The molecule has 1 aromatic rings. The number of thioether (sulfide) groups is 1. The Hall–Kier alpha value is -1.21. The molecule has 7 heteroatoms. The van der Waals surface area contributed by atoms with Crippen LogP contribution in [0.2, 0.25) is 0 Å². The molecule has 0 aromatic heterocycles. The zero-order chi connectivity index (χ0) is 15.6. The molecular formula is C14H17BrN2O3S. The molecule has 1 aliphatic rings. The van der Waals surface area contributed by atoms with E-state index < -0.39 is 12.0 Å². The highest BCUT2D eigenvalue weighted by molar-refractivity contribution is 9.10. The van der Waals surface area contributed by atoms with Gasteiger partial charge < -0.3 is 10.4 Å². The van der Waals surface area contributed by atoms with E-state index in [1.165, 1.54) is 16.7 Å². The van der Waals surface area contributed by atoms with E-state index in [4.69, 9.17) is 0 Å². The van der Waals surface area contributed by atoms with Gasteiger partial charge in [0, 0.05) is 10.2 Å². The molecule has 1 aromatic carbocycles. The minimum absolute atomic E-state index is 0.102. The molecule has 0 spiro atoms. The average Bonchev–Trinajstić information content (AvgIpc) is 2.87. The van der Waals surface area contributed by atoms with Gasteiger partial charge in [0.15, 0.2) is 0 Å². The first kappa shape index (κ1) is 16.2. The molecule has 1 heterocycles. The number of aryl methyl sites for hydroxylation is 1. The number of amides is 2. The van der Waals surface area contributed by atoms with Crippen molar-refractivity contribution in [3.05, 3.63) is 28.2 Å². The van der Waals surface area contributed by atoms with E-state index in [2.05, 4.69) is 21.2 Å². The summed E-state index contributed by atoms with van der Waals surface area (Å²) >= 11 is 4.89. The molecule has 2 N–H and O–H groups in total. The summed E-state index contributed by atoms with van der Waals surface area (Å²) in [6, 6.07) is 4.49. The Balaban J connectivity index is 2.21. The van der Waals surface area contributed by atoms with E-state index in [1.807, 2.05) is 32.0 Å². The van der Waals surface area contributed by atoms with Gasteiger partial charge in [0.1, 0.15) is 6.04 Å². The molecule has 21 heavy (non-hydrogen) atoms. The molecule has 2 atom stereocenters. The number of rotatable bonds is 3. The SMILES string of the molecule is CCC1SCC(C(=O)O)N1C(=O)Nc1cc(C)ccc1Br. The van der Waals surface area contributed by atoms with Gasteiger partial charge in [0.25, 0.3) is 0 Å². The first-order chi connectivity index (χ1) is 9.93. The number of carbonyl (C=O) groups excluding carboxylic acids is 1. The Morgan fingerprint density at radius 2 is 2.24 bits per heavy atom. The highest BCUT2D eigenvalue weighted by Gasteiger charge is 2.40. The van der Waals surface area contributed by atoms with Crippen molar-refractivity contribution in [2.24, 2.45) is 0 Å².